The summed E-state index contributed by atoms with van der Waals surface area (Å²) in [5.41, 5.74) is 0.725. The van der Waals surface area contributed by atoms with Gasteiger partial charge in [0, 0.05) is 18.3 Å². The third-order valence-corrected chi connectivity index (χ3v) is 1.86. The first-order valence-corrected chi connectivity index (χ1v) is 6.95. The van der Waals surface area contributed by atoms with Crippen LogP contribution in [0.3, 0.4) is 0 Å². The number of nitrogens with one attached hydrogen (secondary N) is 2. The minimum absolute atomic E-state index is 0.190. The van der Waals surface area contributed by atoms with Crippen LogP contribution in [0.4, 0.5) is 10.5 Å². The molecule has 0 saturated heterocycles. The van der Waals surface area contributed by atoms with Gasteiger partial charge in [-0.1, -0.05) is 40.7 Å². The van der Waals surface area contributed by atoms with Gasteiger partial charge in [0.05, 0.1) is 7.11 Å². The van der Waals surface area contributed by atoms with Gasteiger partial charge in [-0.2, -0.15) is 0 Å². The van der Waals surface area contributed by atoms with Gasteiger partial charge in [-0.3, -0.25) is 0 Å². The number of hydrogen-bond donors (Lipinski definition) is 2. The second-order valence-corrected chi connectivity index (χ2v) is 3.11. The van der Waals surface area contributed by atoms with Crippen LogP contribution in [0.5, 0.6) is 5.75 Å². The van der Waals surface area contributed by atoms with Gasteiger partial charge in [-0.25, -0.2) is 4.79 Å². The van der Waals surface area contributed by atoms with Crippen LogP contribution in [-0.4, -0.2) is 19.7 Å². The van der Waals surface area contributed by atoms with Crippen molar-refractivity contribution in [1.82, 2.24) is 5.32 Å². The van der Waals surface area contributed by atoms with Crippen molar-refractivity contribution >= 4 is 11.7 Å². The van der Waals surface area contributed by atoms with E-state index in [1.165, 1.54) is 0 Å². The summed E-state index contributed by atoms with van der Waals surface area (Å²) in [5.74, 6) is 0.725. The lowest BCUT2D eigenvalue weighted by Crippen LogP contribution is -2.29. The minimum Gasteiger partial charge on any atom is -0.497 e. The maximum Gasteiger partial charge on any atom is 0.319 e. The SMILES string of the molecule is CC.CC.CCCNC(=O)Nc1cccc(OC)c1. The van der Waals surface area contributed by atoms with Crippen LogP contribution in [0.25, 0.3) is 0 Å². The van der Waals surface area contributed by atoms with Crippen LogP contribution in [0.2, 0.25) is 0 Å². The van der Waals surface area contributed by atoms with E-state index in [2.05, 4.69) is 10.6 Å². The lowest BCUT2D eigenvalue weighted by atomic mass is 10.3. The summed E-state index contributed by atoms with van der Waals surface area (Å²) in [4.78, 5) is 11.3. The number of rotatable bonds is 4. The Morgan fingerprint density at radius 1 is 1.21 bits per heavy atom. The number of methoxy groups -OCH3 is 1. The maximum absolute atomic E-state index is 11.3. The summed E-state index contributed by atoms with van der Waals surface area (Å²) in [7, 11) is 1.59. The van der Waals surface area contributed by atoms with E-state index in [0.29, 0.717) is 6.54 Å². The molecule has 19 heavy (non-hydrogen) atoms. The van der Waals surface area contributed by atoms with E-state index in [0.717, 1.165) is 17.9 Å². The van der Waals surface area contributed by atoms with Crippen molar-refractivity contribution in [1.29, 1.82) is 0 Å². The monoisotopic (exact) mass is 268 g/mol. The first-order chi connectivity index (χ1) is 9.26. The van der Waals surface area contributed by atoms with Gasteiger partial charge in [0.15, 0.2) is 0 Å². The van der Waals surface area contributed by atoms with Crippen LogP contribution >= 0.6 is 0 Å². The van der Waals surface area contributed by atoms with E-state index >= 15 is 0 Å². The molecule has 0 unspecified atom stereocenters. The van der Waals surface area contributed by atoms with Gasteiger partial charge in [-0.15, -0.1) is 0 Å². The summed E-state index contributed by atoms with van der Waals surface area (Å²) in [6.45, 7) is 10.7. The Labute approximate surface area is 117 Å². The molecule has 4 nitrogen and oxygen atoms in total. The fourth-order valence-corrected chi connectivity index (χ4v) is 1.11. The Morgan fingerprint density at radius 3 is 2.37 bits per heavy atom. The number of urea groups is 1. The summed E-state index contributed by atoms with van der Waals surface area (Å²) in [6, 6.07) is 7.05. The highest BCUT2D eigenvalue weighted by atomic mass is 16.5. The molecule has 0 atom stereocenters. The zero-order valence-corrected chi connectivity index (χ0v) is 13.0. The van der Waals surface area contributed by atoms with Crippen molar-refractivity contribution in [2.75, 3.05) is 19.0 Å². The normalized spacial score (nSPS) is 8.11. The van der Waals surface area contributed by atoms with E-state index in [1.807, 2.05) is 52.8 Å². The minimum atomic E-state index is -0.190. The number of carbonyl (C=O) groups excluding carboxylic acids is 1. The third kappa shape index (κ3) is 9.94. The van der Waals surface area contributed by atoms with E-state index in [4.69, 9.17) is 4.74 Å². The standard InChI is InChI=1S/C11H16N2O2.2C2H6/c1-3-7-12-11(14)13-9-5-4-6-10(8-9)15-2;2*1-2/h4-6,8H,3,7H2,1-2H3,(H2,12,13,14);2*1-2H3. The van der Waals surface area contributed by atoms with Crippen molar-refractivity contribution in [2.24, 2.45) is 0 Å². The molecule has 2 N–H and O–H groups in total. The van der Waals surface area contributed by atoms with Crippen LogP contribution in [0, 0.1) is 0 Å². The molecule has 1 aromatic rings. The van der Waals surface area contributed by atoms with Gasteiger partial charge >= 0.3 is 6.03 Å². The van der Waals surface area contributed by atoms with Crippen molar-refractivity contribution in [3.63, 3.8) is 0 Å². The molecular formula is C15H28N2O2. The van der Waals surface area contributed by atoms with E-state index in [1.54, 1.807) is 13.2 Å². The zero-order chi connectivity index (χ0) is 15.1. The Balaban J connectivity index is 0. The van der Waals surface area contributed by atoms with E-state index < -0.39 is 0 Å². The van der Waals surface area contributed by atoms with Crippen molar-refractivity contribution in [3.8, 4) is 5.75 Å². The summed E-state index contributed by atoms with van der Waals surface area (Å²) in [5, 5.41) is 5.45. The molecule has 2 amide bonds. The fourth-order valence-electron chi connectivity index (χ4n) is 1.11. The highest BCUT2D eigenvalue weighted by molar-refractivity contribution is 5.89. The molecule has 0 radical (unpaired) electrons. The smallest absolute Gasteiger partial charge is 0.319 e. The Kier molecular flexibility index (Phi) is 14.8. The lowest BCUT2D eigenvalue weighted by Gasteiger charge is -2.07. The topological polar surface area (TPSA) is 50.4 Å². The number of amides is 2. The lowest BCUT2D eigenvalue weighted by molar-refractivity contribution is 0.252. The van der Waals surface area contributed by atoms with Crippen molar-refractivity contribution < 1.29 is 9.53 Å². The van der Waals surface area contributed by atoms with E-state index in [9.17, 15) is 4.79 Å². The number of ether oxygens (including phenoxy) is 1. The average Bonchev–Trinajstić information content (AvgIpc) is 2.49. The first kappa shape index (κ1) is 19.6. The molecule has 0 heterocycles. The molecule has 0 aliphatic carbocycles. The van der Waals surface area contributed by atoms with Crippen LogP contribution < -0.4 is 15.4 Å². The fraction of sp³-hybridized carbons (Fsp3) is 0.533. The second kappa shape index (κ2) is 14.4. The maximum atomic E-state index is 11.3. The quantitative estimate of drug-likeness (QED) is 0.856. The van der Waals surface area contributed by atoms with Gasteiger partial charge in [0.2, 0.25) is 0 Å². The molecule has 0 saturated carbocycles. The number of hydrogen-bond acceptors (Lipinski definition) is 2. The number of anilines is 1. The van der Waals surface area contributed by atoms with Gasteiger partial charge < -0.3 is 15.4 Å². The predicted molar refractivity (Wildman–Crippen MR) is 83.0 cm³/mol. The first-order valence-electron chi connectivity index (χ1n) is 6.95. The largest absolute Gasteiger partial charge is 0.497 e. The van der Waals surface area contributed by atoms with Gasteiger partial charge in [0.25, 0.3) is 0 Å². The number of benzene rings is 1. The Bertz CT molecular complexity index is 328. The third-order valence-electron chi connectivity index (χ3n) is 1.86. The Hall–Kier alpha value is -1.71. The molecule has 1 rings (SSSR count). The second-order valence-electron chi connectivity index (χ2n) is 3.11. The molecule has 110 valence electrons. The van der Waals surface area contributed by atoms with E-state index in [-0.39, 0.29) is 6.03 Å². The molecule has 4 heteroatoms. The number of carbonyl (C=O) groups is 1. The van der Waals surface area contributed by atoms with Crippen LogP contribution in [-0.2, 0) is 0 Å². The van der Waals surface area contributed by atoms with Crippen molar-refractivity contribution in [3.05, 3.63) is 24.3 Å². The molecule has 0 bridgehead atoms. The molecule has 0 aliphatic heterocycles. The van der Waals surface area contributed by atoms with Crippen molar-refractivity contribution in [2.45, 2.75) is 41.0 Å². The highest BCUT2D eigenvalue weighted by Crippen LogP contribution is 2.16. The van der Waals surface area contributed by atoms with Gasteiger partial charge in [0.1, 0.15) is 5.75 Å². The predicted octanol–water partition coefficient (Wildman–Crippen LogP) is 4.28. The Morgan fingerprint density at radius 2 is 1.84 bits per heavy atom. The summed E-state index contributed by atoms with van der Waals surface area (Å²) in [6.07, 6.45) is 0.922. The van der Waals surface area contributed by atoms with Crippen LogP contribution in [0.1, 0.15) is 41.0 Å². The molecule has 0 aromatic heterocycles. The molecule has 0 aliphatic rings. The molecule has 0 spiro atoms. The van der Waals surface area contributed by atoms with Crippen LogP contribution in [0.15, 0.2) is 24.3 Å². The van der Waals surface area contributed by atoms with Gasteiger partial charge in [-0.05, 0) is 18.6 Å². The average molecular weight is 268 g/mol. The highest BCUT2D eigenvalue weighted by Gasteiger charge is 2.00. The molecule has 0 fully saturated rings. The summed E-state index contributed by atoms with van der Waals surface area (Å²) < 4.78 is 5.05. The zero-order valence-electron chi connectivity index (χ0n) is 13.0. The molecule has 1 aromatic carbocycles. The molecular weight excluding hydrogens is 240 g/mol. The summed E-state index contributed by atoms with van der Waals surface area (Å²) >= 11 is 0.